The smallest absolute Gasteiger partial charge is 0.306 e. The fraction of sp³-hybridized carbons (Fsp3) is 0.800. The van der Waals surface area contributed by atoms with Crippen LogP contribution in [0.1, 0.15) is 25.7 Å². The van der Waals surface area contributed by atoms with Crippen LogP contribution in [-0.2, 0) is 9.53 Å². The van der Waals surface area contributed by atoms with Gasteiger partial charge in [0, 0.05) is 19.1 Å². The number of carbonyl (C=O) groups is 1. The van der Waals surface area contributed by atoms with Gasteiger partial charge in [0.1, 0.15) is 6.61 Å². The summed E-state index contributed by atoms with van der Waals surface area (Å²) in [6, 6.07) is -0.817. The highest BCUT2D eigenvalue weighted by Gasteiger charge is 2.58. The van der Waals surface area contributed by atoms with E-state index in [4.69, 9.17) is 4.74 Å². The SMILES string of the molecule is C=CCOC(=O)CC1(CN2CC[C@@H]3NCC(F)(F)[C@@H]32)CC1.Cl. The van der Waals surface area contributed by atoms with Gasteiger partial charge >= 0.3 is 5.97 Å². The van der Waals surface area contributed by atoms with Crippen molar-refractivity contribution in [2.75, 3.05) is 26.2 Å². The lowest BCUT2D eigenvalue weighted by atomic mass is 10.0. The molecular formula is C15H23ClF2N2O2. The molecule has 2 heterocycles. The molecule has 0 aromatic rings. The molecule has 1 N–H and O–H groups in total. The second-order valence-electron chi connectivity index (χ2n) is 6.60. The first kappa shape index (κ1) is 17.6. The maximum Gasteiger partial charge on any atom is 0.306 e. The number of hydrogen-bond acceptors (Lipinski definition) is 4. The van der Waals surface area contributed by atoms with E-state index < -0.39 is 12.0 Å². The van der Waals surface area contributed by atoms with Crippen LogP contribution in [0.5, 0.6) is 0 Å². The molecule has 0 radical (unpaired) electrons. The molecule has 0 spiro atoms. The first-order valence-corrected chi connectivity index (χ1v) is 7.58. The zero-order chi connectivity index (χ0) is 15.1. The molecule has 0 bridgehead atoms. The molecule has 4 nitrogen and oxygen atoms in total. The van der Waals surface area contributed by atoms with Gasteiger partial charge in [-0.15, -0.1) is 12.4 Å². The highest BCUT2D eigenvalue weighted by Crippen LogP contribution is 2.51. The number of likely N-dealkylation sites (tertiary alicyclic amines) is 1. The Morgan fingerprint density at radius 1 is 1.45 bits per heavy atom. The van der Waals surface area contributed by atoms with Crippen molar-refractivity contribution in [1.82, 2.24) is 10.2 Å². The molecule has 0 aromatic carbocycles. The van der Waals surface area contributed by atoms with Crippen LogP contribution in [0.15, 0.2) is 12.7 Å². The van der Waals surface area contributed by atoms with Gasteiger partial charge < -0.3 is 10.1 Å². The Morgan fingerprint density at radius 2 is 2.18 bits per heavy atom. The predicted octanol–water partition coefficient (Wildman–Crippen LogP) is 1.99. The monoisotopic (exact) mass is 336 g/mol. The van der Waals surface area contributed by atoms with Gasteiger partial charge in [-0.3, -0.25) is 9.69 Å². The van der Waals surface area contributed by atoms with Gasteiger partial charge in [-0.1, -0.05) is 12.7 Å². The molecule has 0 amide bonds. The van der Waals surface area contributed by atoms with Crippen molar-refractivity contribution >= 4 is 18.4 Å². The first-order valence-electron chi connectivity index (χ1n) is 7.58. The molecule has 7 heteroatoms. The lowest BCUT2D eigenvalue weighted by Gasteiger charge is -2.31. The summed E-state index contributed by atoms with van der Waals surface area (Å²) in [5.74, 6) is -2.92. The molecule has 3 rings (SSSR count). The summed E-state index contributed by atoms with van der Waals surface area (Å²) >= 11 is 0. The quantitative estimate of drug-likeness (QED) is 0.595. The number of carbonyl (C=O) groups excluding carboxylic acids is 1. The first-order chi connectivity index (χ1) is 9.96. The van der Waals surface area contributed by atoms with Gasteiger partial charge in [-0.05, 0) is 24.7 Å². The van der Waals surface area contributed by atoms with Crippen molar-refractivity contribution in [1.29, 1.82) is 0 Å². The molecule has 1 saturated carbocycles. The lowest BCUT2D eigenvalue weighted by Crippen LogP contribution is -2.47. The van der Waals surface area contributed by atoms with Crippen molar-refractivity contribution in [2.24, 2.45) is 5.41 Å². The molecule has 126 valence electrons. The normalized spacial score (nSPS) is 31.2. The molecule has 2 atom stereocenters. The minimum atomic E-state index is -2.67. The number of fused-ring (bicyclic) bond motifs is 1. The van der Waals surface area contributed by atoms with Gasteiger partial charge in [-0.2, -0.15) is 0 Å². The van der Waals surface area contributed by atoms with E-state index in [1.807, 2.05) is 4.90 Å². The number of ether oxygens (including phenoxy) is 1. The molecule has 2 saturated heterocycles. The summed E-state index contributed by atoms with van der Waals surface area (Å²) in [5.41, 5.74) is -0.147. The standard InChI is InChI=1S/C15H22F2N2O2.ClH/c1-2-7-21-12(20)8-14(4-5-14)10-19-6-3-11-13(19)15(16,17)9-18-11;/h2,11,13,18H,1,3-10H2;1H/t11-,13+;/m0./s1. The Hall–Kier alpha value is -0.720. The fourth-order valence-corrected chi connectivity index (χ4v) is 3.69. The molecule has 3 fully saturated rings. The summed E-state index contributed by atoms with van der Waals surface area (Å²) in [6.07, 6.45) is 4.46. The topological polar surface area (TPSA) is 41.6 Å². The summed E-state index contributed by atoms with van der Waals surface area (Å²) in [5, 5.41) is 2.92. The Morgan fingerprint density at radius 3 is 2.82 bits per heavy atom. The highest BCUT2D eigenvalue weighted by atomic mass is 35.5. The Kier molecular flexibility index (Phi) is 5.14. The van der Waals surface area contributed by atoms with Gasteiger partial charge in [0.2, 0.25) is 0 Å². The number of rotatable bonds is 6. The van der Waals surface area contributed by atoms with E-state index in [-0.39, 0.29) is 43.0 Å². The van der Waals surface area contributed by atoms with Gasteiger partial charge in [0.05, 0.1) is 19.0 Å². The van der Waals surface area contributed by atoms with Gasteiger partial charge in [0.15, 0.2) is 0 Å². The van der Waals surface area contributed by atoms with Crippen LogP contribution in [0.4, 0.5) is 8.78 Å². The predicted molar refractivity (Wildman–Crippen MR) is 81.4 cm³/mol. The maximum absolute atomic E-state index is 14.0. The third kappa shape index (κ3) is 3.44. The second-order valence-corrected chi connectivity index (χ2v) is 6.60. The zero-order valence-electron chi connectivity index (χ0n) is 12.5. The molecule has 2 aliphatic heterocycles. The van der Waals surface area contributed by atoms with Crippen LogP contribution < -0.4 is 5.32 Å². The van der Waals surface area contributed by atoms with E-state index in [1.54, 1.807) is 0 Å². The summed E-state index contributed by atoms with van der Waals surface area (Å²) in [7, 11) is 0. The van der Waals surface area contributed by atoms with Crippen LogP contribution in [0.3, 0.4) is 0 Å². The van der Waals surface area contributed by atoms with Gasteiger partial charge in [0.25, 0.3) is 5.92 Å². The average molecular weight is 337 g/mol. The van der Waals surface area contributed by atoms with Crippen molar-refractivity contribution < 1.29 is 18.3 Å². The van der Waals surface area contributed by atoms with Crippen LogP contribution >= 0.6 is 12.4 Å². The molecule has 3 aliphatic rings. The van der Waals surface area contributed by atoms with Crippen LogP contribution in [0.25, 0.3) is 0 Å². The second kappa shape index (κ2) is 6.42. The van der Waals surface area contributed by atoms with E-state index in [0.29, 0.717) is 19.5 Å². The van der Waals surface area contributed by atoms with Crippen LogP contribution in [0.2, 0.25) is 0 Å². The van der Waals surface area contributed by atoms with Crippen molar-refractivity contribution in [3.05, 3.63) is 12.7 Å². The summed E-state index contributed by atoms with van der Waals surface area (Å²) in [6.45, 7) is 4.75. The summed E-state index contributed by atoms with van der Waals surface area (Å²) in [4.78, 5) is 13.6. The average Bonchev–Trinajstić information content (AvgIpc) is 2.92. The van der Waals surface area contributed by atoms with E-state index in [1.165, 1.54) is 6.08 Å². The number of nitrogens with zero attached hydrogens (tertiary/aromatic N) is 1. The van der Waals surface area contributed by atoms with E-state index in [2.05, 4.69) is 11.9 Å². The Labute approximate surface area is 135 Å². The van der Waals surface area contributed by atoms with E-state index >= 15 is 0 Å². The lowest BCUT2D eigenvalue weighted by molar-refractivity contribution is -0.144. The maximum atomic E-state index is 14.0. The number of nitrogens with one attached hydrogen (secondary N) is 1. The third-order valence-electron chi connectivity index (χ3n) is 4.91. The highest BCUT2D eigenvalue weighted by molar-refractivity contribution is 5.85. The largest absolute Gasteiger partial charge is 0.461 e. The van der Waals surface area contributed by atoms with Crippen molar-refractivity contribution in [2.45, 2.75) is 43.7 Å². The zero-order valence-corrected chi connectivity index (χ0v) is 13.3. The van der Waals surface area contributed by atoms with Crippen LogP contribution in [-0.4, -0.2) is 55.1 Å². The van der Waals surface area contributed by atoms with E-state index in [9.17, 15) is 13.6 Å². The molecule has 0 unspecified atom stereocenters. The van der Waals surface area contributed by atoms with Crippen molar-refractivity contribution in [3.8, 4) is 0 Å². The molecule has 0 aromatic heterocycles. The molecule has 1 aliphatic carbocycles. The van der Waals surface area contributed by atoms with Crippen molar-refractivity contribution in [3.63, 3.8) is 0 Å². The number of esters is 1. The minimum Gasteiger partial charge on any atom is -0.461 e. The number of halogens is 3. The number of hydrogen-bond donors (Lipinski definition) is 1. The molecule has 22 heavy (non-hydrogen) atoms. The van der Waals surface area contributed by atoms with Gasteiger partial charge in [-0.25, -0.2) is 8.78 Å². The fourth-order valence-electron chi connectivity index (χ4n) is 3.69. The Bertz CT molecular complexity index is 443. The number of alkyl halides is 2. The Balaban J connectivity index is 0.00000176. The molecular weight excluding hydrogens is 314 g/mol. The minimum absolute atomic E-state index is 0. The third-order valence-corrected chi connectivity index (χ3v) is 4.91. The van der Waals surface area contributed by atoms with Crippen LogP contribution in [0, 0.1) is 5.41 Å². The summed E-state index contributed by atoms with van der Waals surface area (Å²) < 4.78 is 33.0. The van der Waals surface area contributed by atoms with E-state index in [0.717, 1.165) is 19.3 Å².